The van der Waals surface area contributed by atoms with Gasteiger partial charge >= 0.3 is 0 Å². The molecule has 1 aromatic heterocycles. The number of halogens is 1. The molecular weight excluding hydrogens is 312 g/mol. The van der Waals surface area contributed by atoms with Crippen LogP contribution in [-0.4, -0.2) is 24.8 Å². The maximum atomic E-state index is 12.4. The van der Waals surface area contributed by atoms with Crippen molar-refractivity contribution in [3.8, 4) is 0 Å². The summed E-state index contributed by atoms with van der Waals surface area (Å²) in [5, 5.41) is 0.528. The van der Waals surface area contributed by atoms with Crippen molar-refractivity contribution in [2.24, 2.45) is 5.84 Å². The minimum absolute atomic E-state index is 0.0936. The first-order valence-electron chi connectivity index (χ1n) is 6.07. The van der Waals surface area contributed by atoms with E-state index in [-0.39, 0.29) is 11.4 Å². The summed E-state index contributed by atoms with van der Waals surface area (Å²) in [6.07, 6.45) is 1.26. The minimum atomic E-state index is -3.64. The number of hydrazine groups is 1. The number of nitrogens with zero attached hydrogens (tertiary/aromatic N) is 2. The van der Waals surface area contributed by atoms with Crippen molar-refractivity contribution in [1.29, 1.82) is 0 Å². The monoisotopic (exact) mass is 326 g/mol. The van der Waals surface area contributed by atoms with Crippen LogP contribution in [0, 0.1) is 0 Å². The number of anilines is 1. The molecule has 1 heterocycles. The lowest BCUT2D eigenvalue weighted by atomic mass is 10.2. The Morgan fingerprint density at radius 3 is 2.57 bits per heavy atom. The fourth-order valence-corrected chi connectivity index (χ4v) is 3.04. The van der Waals surface area contributed by atoms with Gasteiger partial charge in [0.05, 0.1) is 0 Å². The minimum Gasteiger partial charge on any atom is -0.308 e. The van der Waals surface area contributed by atoms with E-state index in [0.717, 1.165) is 5.56 Å². The Hall–Kier alpha value is -1.67. The molecule has 0 unspecified atom stereocenters. The predicted molar refractivity (Wildman–Crippen MR) is 82.2 cm³/mol. The van der Waals surface area contributed by atoms with Gasteiger partial charge in [0.1, 0.15) is 10.7 Å². The average molecular weight is 327 g/mol. The van der Waals surface area contributed by atoms with Gasteiger partial charge in [-0.25, -0.2) is 19.2 Å². The molecule has 0 fully saturated rings. The summed E-state index contributed by atoms with van der Waals surface area (Å²) in [6.45, 7) is 0.179. The molecule has 0 amide bonds. The van der Waals surface area contributed by atoms with Gasteiger partial charge in [0.2, 0.25) is 10.0 Å². The van der Waals surface area contributed by atoms with Gasteiger partial charge in [-0.05, 0) is 23.8 Å². The molecule has 0 saturated carbocycles. The second-order valence-electron chi connectivity index (χ2n) is 4.38. The maximum absolute atomic E-state index is 12.4. The third-order valence-corrected chi connectivity index (χ3v) is 5.10. The molecular formula is C13H15ClN4O2S. The maximum Gasteiger partial charge on any atom is 0.244 e. The van der Waals surface area contributed by atoms with E-state index in [4.69, 9.17) is 17.4 Å². The van der Waals surface area contributed by atoms with Crippen LogP contribution in [0.25, 0.3) is 0 Å². The van der Waals surface area contributed by atoms with Crippen LogP contribution in [0.1, 0.15) is 5.56 Å². The van der Waals surface area contributed by atoms with Crippen LogP contribution < -0.4 is 11.3 Å². The Kier molecular flexibility index (Phi) is 4.79. The van der Waals surface area contributed by atoms with E-state index in [1.165, 1.54) is 29.7 Å². The second-order valence-corrected chi connectivity index (χ2v) is 6.83. The van der Waals surface area contributed by atoms with E-state index >= 15 is 0 Å². The first-order valence-corrected chi connectivity index (χ1v) is 7.89. The van der Waals surface area contributed by atoms with Crippen LogP contribution in [-0.2, 0) is 16.6 Å². The molecule has 0 saturated heterocycles. The smallest absolute Gasteiger partial charge is 0.244 e. The van der Waals surface area contributed by atoms with E-state index in [1.807, 2.05) is 6.07 Å². The van der Waals surface area contributed by atoms with Gasteiger partial charge in [0, 0.05) is 24.8 Å². The molecule has 2 rings (SSSR count). The number of benzene rings is 1. The number of nitrogen functional groups attached to an aromatic ring is 1. The predicted octanol–water partition coefficient (Wildman–Crippen LogP) is 1.84. The molecule has 8 heteroatoms. The number of nitrogens with one attached hydrogen (secondary N) is 1. The summed E-state index contributed by atoms with van der Waals surface area (Å²) in [4.78, 5) is 4.00. The van der Waals surface area contributed by atoms with Gasteiger partial charge < -0.3 is 5.43 Å². The second kappa shape index (κ2) is 6.40. The zero-order chi connectivity index (χ0) is 15.5. The van der Waals surface area contributed by atoms with Crippen LogP contribution >= 0.6 is 11.6 Å². The number of sulfonamides is 1. The number of hydrogen-bond acceptors (Lipinski definition) is 5. The van der Waals surface area contributed by atoms with Crippen LogP contribution in [0.2, 0.25) is 5.02 Å². The number of nitrogens with two attached hydrogens (primary N) is 1. The average Bonchev–Trinajstić information content (AvgIpc) is 2.49. The highest BCUT2D eigenvalue weighted by atomic mass is 35.5. The lowest BCUT2D eigenvalue weighted by molar-refractivity contribution is 0.466. The molecule has 0 radical (unpaired) electrons. The number of hydrogen-bond donors (Lipinski definition) is 2. The third kappa shape index (κ3) is 3.51. The van der Waals surface area contributed by atoms with Gasteiger partial charge in [-0.1, -0.05) is 29.8 Å². The van der Waals surface area contributed by atoms with Crippen molar-refractivity contribution in [2.45, 2.75) is 11.4 Å². The number of pyridine rings is 1. The Labute approximate surface area is 128 Å². The summed E-state index contributed by atoms with van der Waals surface area (Å²) in [5.74, 6) is 5.59. The Morgan fingerprint density at radius 2 is 2.00 bits per heavy atom. The van der Waals surface area contributed by atoms with Crippen LogP contribution in [0.4, 0.5) is 5.82 Å². The van der Waals surface area contributed by atoms with Gasteiger partial charge in [0.25, 0.3) is 0 Å². The van der Waals surface area contributed by atoms with E-state index in [2.05, 4.69) is 10.4 Å². The van der Waals surface area contributed by atoms with E-state index < -0.39 is 10.0 Å². The van der Waals surface area contributed by atoms with Crippen molar-refractivity contribution in [1.82, 2.24) is 9.29 Å². The molecule has 2 aromatic rings. The van der Waals surface area contributed by atoms with Crippen LogP contribution in [0.3, 0.4) is 0 Å². The third-order valence-electron chi connectivity index (χ3n) is 2.94. The summed E-state index contributed by atoms with van der Waals surface area (Å²) in [5.41, 5.74) is 3.08. The topological polar surface area (TPSA) is 88.3 Å². The molecule has 0 spiro atoms. The van der Waals surface area contributed by atoms with Crippen molar-refractivity contribution in [3.05, 3.63) is 53.2 Å². The lowest BCUT2D eigenvalue weighted by Crippen LogP contribution is -2.26. The van der Waals surface area contributed by atoms with Crippen molar-refractivity contribution >= 4 is 27.4 Å². The van der Waals surface area contributed by atoms with Crippen molar-refractivity contribution in [3.63, 3.8) is 0 Å². The molecule has 1 aromatic carbocycles. The van der Waals surface area contributed by atoms with Crippen LogP contribution in [0.5, 0.6) is 0 Å². The fourth-order valence-electron chi connectivity index (χ4n) is 1.75. The highest BCUT2D eigenvalue weighted by Crippen LogP contribution is 2.21. The number of aromatic nitrogens is 1. The first kappa shape index (κ1) is 15.7. The highest BCUT2D eigenvalue weighted by Gasteiger charge is 2.21. The van der Waals surface area contributed by atoms with Gasteiger partial charge in [-0.3, -0.25) is 0 Å². The fraction of sp³-hybridized carbons (Fsp3) is 0.154. The summed E-state index contributed by atoms with van der Waals surface area (Å²) < 4.78 is 26.1. The summed E-state index contributed by atoms with van der Waals surface area (Å²) in [7, 11) is -2.14. The summed E-state index contributed by atoms with van der Waals surface area (Å²) in [6, 6.07) is 10.1. The molecule has 0 aliphatic carbocycles. The molecule has 3 N–H and O–H groups in total. The van der Waals surface area contributed by atoms with E-state index in [1.54, 1.807) is 18.2 Å². The largest absolute Gasteiger partial charge is 0.308 e. The van der Waals surface area contributed by atoms with Gasteiger partial charge in [-0.15, -0.1) is 0 Å². The van der Waals surface area contributed by atoms with Crippen LogP contribution in [0.15, 0.2) is 47.5 Å². The quantitative estimate of drug-likeness (QED) is 0.646. The lowest BCUT2D eigenvalue weighted by Gasteiger charge is -2.18. The molecule has 0 aliphatic rings. The van der Waals surface area contributed by atoms with E-state index in [0.29, 0.717) is 10.8 Å². The van der Waals surface area contributed by atoms with Gasteiger partial charge in [0.15, 0.2) is 0 Å². The molecule has 21 heavy (non-hydrogen) atoms. The van der Waals surface area contributed by atoms with Gasteiger partial charge in [-0.2, -0.15) is 4.31 Å². The molecule has 112 valence electrons. The standard InChI is InChI=1S/C13H15ClN4O2S/c1-18(9-10-4-2-3-5-12(10)14)21(19,20)11-6-7-13(17-15)16-8-11/h2-8H,9,15H2,1H3,(H,16,17). The normalized spacial score (nSPS) is 11.6. The van der Waals surface area contributed by atoms with E-state index in [9.17, 15) is 8.42 Å². The van der Waals surface area contributed by atoms with Crippen molar-refractivity contribution < 1.29 is 8.42 Å². The zero-order valence-electron chi connectivity index (χ0n) is 11.3. The molecule has 6 nitrogen and oxygen atoms in total. The molecule has 0 aliphatic heterocycles. The molecule has 0 bridgehead atoms. The SMILES string of the molecule is CN(Cc1ccccc1Cl)S(=O)(=O)c1ccc(NN)nc1. The molecule has 0 atom stereocenters. The Balaban J connectivity index is 2.24. The first-order chi connectivity index (χ1) is 9.95. The summed E-state index contributed by atoms with van der Waals surface area (Å²) >= 11 is 6.05. The highest BCUT2D eigenvalue weighted by molar-refractivity contribution is 7.89. The zero-order valence-corrected chi connectivity index (χ0v) is 12.9. The Bertz CT molecular complexity index is 719. The van der Waals surface area contributed by atoms with Crippen molar-refractivity contribution in [2.75, 3.05) is 12.5 Å². The number of rotatable bonds is 5. The Morgan fingerprint density at radius 1 is 1.29 bits per heavy atom.